The summed E-state index contributed by atoms with van der Waals surface area (Å²) in [5, 5.41) is 14.8. The number of alkyl halides is 1. The second kappa shape index (κ2) is 11.0. The molecule has 9 heteroatoms. The van der Waals surface area contributed by atoms with Crippen molar-refractivity contribution in [2.75, 3.05) is 18.3 Å². The second-order valence-electron chi connectivity index (χ2n) is 6.36. The van der Waals surface area contributed by atoms with Gasteiger partial charge in [0.1, 0.15) is 16.8 Å². The van der Waals surface area contributed by atoms with E-state index in [0.717, 1.165) is 17.7 Å². The van der Waals surface area contributed by atoms with Crippen LogP contribution in [0.4, 0.5) is 5.13 Å². The molecule has 1 aromatic carbocycles. The third-order valence-corrected chi connectivity index (χ3v) is 5.48. The van der Waals surface area contributed by atoms with Gasteiger partial charge in [0.15, 0.2) is 0 Å². The Morgan fingerprint density at radius 3 is 2.79 bits per heavy atom. The summed E-state index contributed by atoms with van der Waals surface area (Å²) in [5.41, 5.74) is 0.852. The van der Waals surface area contributed by atoms with E-state index in [2.05, 4.69) is 20.8 Å². The summed E-state index contributed by atoms with van der Waals surface area (Å²) in [5.74, 6) is 0.615. The normalized spacial score (nSPS) is 12.9. The topological polar surface area (TPSA) is 93.2 Å². The standard InChI is InChI=1S/C19H25ClN4O3S/c1-4-12(2)16(21-15(25)9-6-10-20)17(26)22-19-24-23-18(28-19)13-7-5-8-14(11-13)27-3/h5,7-8,11-12,16H,4,6,9-10H2,1-3H3,(H,21,25)(H,22,24,26). The first-order chi connectivity index (χ1) is 13.5. The van der Waals surface area contributed by atoms with E-state index in [9.17, 15) is 9.59 Å². The van der Waals surface area contributed by atoms with Crippen LogP contribution < -0.4 is 15.4 Å². The molecule has 7 nitrogen and oxygen atoms in total. The number of aromatic nitrogens is 2. The van der Waals surface area contributed by atoms with E-state index >= 15 is 0 Å². The fourth-order valence-corrected chi connectivity index (χ4v) is 3.38. The number of nitrogens with one attached hydrogen (secondary N) is 2. The molecular weight excluding hydrogens is 400 g/mol. The van der Waals surface area contributed by atoms with E-state index in [1.54, 1.807) is 7.11 Å². The van der Waals surface area contributed by atoms with Gasteiger partial charge < -0.3 is 10.1 Å². The Labute approximate surface area is 173 Å². The zero-order chi connectivity index (χ0) is 20.5. The summed E-state index contributed by atoms with van der Waals surface area (Å²) in [6.07, 6.45) is 1.62. The van der Waals surface area contributed by atoms with E-state index in [-0.39, 0.29) is 17.7 Å². The van der Waals surface area contributed by atoms with Gasteiger partial charge in [0, 0.05) is 17.9 Å². The predicted molar refractivity (Wildman–Crippen MR) is 112 cm³/mol. The summed E-state index contributed by atoms with van der Waals surface area (Å²) in [6, 6.07) is 6.82. The van der Waals surface area contributed by atoms with Crippen LogP contribution in [0.15, 0.2) is 24.3 Å². The SMILES string of the molecule is CCC(C)C(NC(=O)CCCCl)C(=O)Nc1nnc(-c2cccc(OC)c2)s1. The predicted octanol–water partition coefficient (Wildman–Crippen LogP) is 3.70. The Balaban J connectivity index is 2.08. The maximum atomic E-state index is 12.7. The maximum Gasteiger partial charge on any atom is 0.249 e. The van der Waals surface area contributed by atoms with Crippen molar-refractivity contribution < 1.29 is 14.3 Å². The highest BCUT2D eigenvalue weighted by atomic mass is 35.5. The number of amides is 2. The number of benzene rings is 1. The average molecular weight is 425 g/mol. The number of halogens is 1. The van der Waals surface area contributed by atoms with Crippen LogP contribution in [0.5, 0.6) is 5.75 Å². The lowest BCUT2D eigenvalue weighted by atomic mass is 9.98. The highest BCUT2D eigenvalue weighted by molar-refractivity contribution is 7.18. The van der Waals surface area contributed by atoms with E-state index < -0.39 is 6.04 Å². The minimum Gasteiger partial charge on any atom is -0.497 e. The molecule has 0 fully saturated rings. The molecule has 0 saturated heterocycles. The maximum absolute atomic E-state index is 12.7. The van der Waals surface area contributed by atoms with Gasteiger partial charge in [-0.05, 0) is 24.5 Å². The van der Waals surface area contributed by atoms with Gasteiger partial charge in [-0.15, -0.1) is 21.8 Å². The number of carbonyl (C=O) groups is 2. The molecule has 1 aromatic heterocycles. The van der Waals surface area contributed by atoms with Gasteiger partial charge >= 0.3 is 0 Å². The minimum absolute atomic E-state index is 0.0225. The zero-order valence-corrected chi connectivity index (χ0v) is 17.8. The molecule has 0 aliphatic heterocycles. The van der Waals surface area contributed by atoms with Crippen LogP contribution >= 0.6 is 22.9 Å². The molecule has 28 heavy (non-hydrogen) atoms. The molecule has 2 unspecified atom stereocenters. The van der Waals surface area contributed by atoms with Crippen LogP contribution in [0.25, 0.3) is 10.6 Å². The van der Waals surface area contributed by atoms with Crippen molar-refractivity contribution in [3.05, 3.63) is 24.3 Å². The number of hydrogen-bond donors (Lipinski definition) is 2. The molecule has 2 atom stereocenters. The molecule has 2 amide bonds. The van der Waals surface area contributed by atoms with Crippen molar-refractivity contribution in [3.8, 4) is 16.3 Å². The van der Waals surface area contributed by atoms with Gasteiger partial charge in [-0.25, -0.2) is 0 Å². The van der Waals surface area contributed by atoms with Crippen LogP contribution in [-0.4, -0.2) is 41.0 Å². The molecule has 2 aromatic rings. The van der Waals surface area contributed by atoms with Crippen molar-refractivity contribution in [2.24, 2.45) is 5.92 Å². The van der Waals surface area contributed by atoms with E-state index in [4.69, 9.17) is 16.3 Å². The lowest BCUT2D eigenvalue weighted by Gasteiger charge is -2.22. The molecule has 0 bridgehead atoms. The van der Waals surface area contributed by atoms with Crippen molar-refractivity contribution in [1.29, 1.82) is 0 Å². The Morgan fingerprint density at radius 2 is 2.11 bits per heavy atom. The van der Waals surface area contributed by atoms with Gasteiger partial charge in [0.05, 0.1) is 7.11 Å². The minimum atomic E-state index is -0.642. The fourth-order valence-electron chi connectivity index (χ4n) is 2.50. The van der Waals surface area contributed by atoms with Crippen molar-refractivity contribution in [3.63, 3.8) is 0 Å². The molecule has 0 aliphatic carbocycles. The van der Waals surface area contributed by atoms with Crippen LogP contribution in [0, 0.1) is 5.92 Å². The molecular formula is C19H25ClN4O3S. The Bertz CT molecular complexity index is 799. The third-order valence-electron chi connectivity index (χ3n) is 4.32. The van der Waals surface area contributed by atoms with Crippen molar-refractivity contribution in [1.82, 2.24) is 15.5 Å². The van der Waals surface area contributed by atoms with Crippen molar-refractivity contribution >= 4 is 39.9 Å². The first kappa shape index (κ1) is 22.1. The summed E-state index contributed by atoms with van der Waals surface area (Å²) in [4.78, 5) is 24.8. The third kappa shape index (κ3) is 6.17. The molecule has 1 heterocycles. The lowest BCUT2D eigenvalue weighted by molar-refractivity contribution is -0.127. The fraction of sp³-hybridized carbons (Fsp3) is 0.474. The van der Waals surface area contributed by atoms with Crippen LogP contribution in [0.1, 0.15) is 33.1 Å². The summed E-state index contributed by atoms with van der Waals surface area (Å²) in [6.45, 7) is 3.90. The number of nitrogens with zero attached hydrogens (tertiary/aromatic N) is 2. The van der Waals surface area contributed by atoms with Crippen LogP contribution in [-0.2, 0) is 9.59 Å². The van der Waals surface area contributed by atoms with Crippen LogP contribution in [0.3, 0.4) is 0 Å². The van der Waals surface area contributed by atoms with E-state index in [1.165, 1.54) is 11.3 Å². The summed E-state index contributed by atoms with van der Waals surface area (Å²) in [7, 11) is 1.60. The van der Waals surface area contributed by atoms with E-state index in [1.807, 2.05) is 38.1 Å². The first-order valence-electron chi connectivity index (χ1n) is 9.12. The van der Waals surface area contributed by atoms with Crippen molar-refractivity contribution in [2.45, 2.75) is 39.2 Å². The monoisotopic (exact) mass is 424 g/mol. The summed E-state index contributed by atoms with van der Waals surface area (Å²) >= 11 is 6.90. The number of methoxy groups -OCH3 is 1. The zero-order valence-electron chi connectivity index (χ0n) is 16.2. The Kier molecular flexibility index (Phi) is 8.66. The first-order valence-corrected chi connectivity index (χ1v) is 10.5. The van der Waals surface area contributed by atoms with Gasteiger partial charge in [-0.3, -0.25) is 14.9 Å². The van der Waals surface area contributed by atoms with Gasteiger partial charge in [-0.2, -0.15) is 0 Å². The van der Waals surface area contributed by atoms with E-state index in [0.29, 0.717) is 28.9 Å². The second-order valence-corrected chi connectivity index (χ2v) is 7.71. The number of rotatable bonds is 10. The number of carbonyl (C=O) groups excluding carboxylic acids is 2. The molecule has 0 radical (unpaired) electrons. The largest absolute Gasteiger partial charge is 0.497 e. The highest BCUT2D eigenvalue weighted by Crippen LogP contribution is 2.29. The quantitative estimate of drug-likeness (QED) is 0.567. The Morgan fingerprint density at radius 1 is 1.32 bits per heavy atom. The molecule has 2 N–H and O–H groups in total. The number of hydrogen-bond acceptors (Lipinski definition) is 6. The number of anilines is 1. The van der Waals surface area contributed by atoms with Gasteiger partial charge in [0.25, 0.3) is 0 Å². The van der Waals surface area contributed by atoms with Gasteiger partial charge in [0.2, 0.25) is 16.9 Å². The van der Waals surface area contributed by atoms with Crippen LogP contribution in [0.2, 0.25) is 0 Å². The molecule has 2 rings (SSSR count). The smallest absolute Gasteiger partial charge is 0.249 e. The summed E-state index contributed by atoms with van der Waals surface area (Å²) < 4.78 is 5.22. The average Bonchev–Trinajstić information content (AvgIpc) is 3.18. The molecule has 152 valence electrons. The van der Waals surface area contributed by atoms with Gasteiger partial charge in [-0.1, -0.05) is 43.7 Å². The molecule has 0 saturated carbocycles. The molecule has 0 aliphatic rings. The highest BCUT2D eigenvalue weighted by Gasteiger charge is 2.26. The lowest BCUT2D eigenvalue weighted by Crippen LogP contribution is -2.47. The Hall–Kier alpha value is -2.19. The molecule has 0 spiro atoms. The number of ether oxygens (including phenoxy) is 1.